The van der Waals surface area contributed by atoms with Crippen molar-refractivity contribution in [1.29, 1.82) is 0 Å². The van der Waals surface area contributed by atoms with Crippen LogP contribution in [0, 0.1) is 13.8 Å². The maximum absolute atomic E-state index is 11.9. The number of hydrogen-bond donors (Lipinski definition) is 1. The summed E-state index contributed by atoms with van der Waals surface area (Å²) in [5, 5.41) is 2.82. The van der Waals surface area contributed by atoms with Crippen molar-refractivity contribution in [2.24, 2.45) is 0 Å². The van der Waals surface area contributed by atoms with Crippen molar-refractivity contribution in [3.63, 3.8) is 0 Å². The Hall–Kier alpha value is -2.95. The lowest BCUT2D eigenvalue weighted by Gasteiger charge is -2.18. The number of ether oxygens (including phenoxy) is 3. The van der Waals surface area contributed by atoms with Gasteiger partial charge in [0.25, 0.3) is 0 Å². The summed E-state index contributed by atoms with van der Waals surface area (Å²) in [6, 6.07) is 11.6. The molecule has 1 amide bonds. The summed E-state index contributed by atoms with van der Waals surface area (Å²) >= 11 is 0. The number of rotatable bonds is 6. The van der Waals surface area contributed by atoms with Crippen molar-refractivity contribution in [2.75, 3.05) is 26.4 Å². The summed E-state index contributed by atoms with van der Waals surface area (Å²) in [5.74, 6) is 2.17. The number of hydrogen-bond acceptors (Lipinski definition) is 4. The van der Waals surface area contributed by atoms with E-state index in [0.29, 0.717) is 32.1 Å². The minimum absolute atomic E-state index is 0.162. The molecule has 0 atom stereocenters. The molecule has 0 radical (unpaired) electrons. The number of amides is 1. The van der Waals surface area contributed by atoms with Gasteiger partial charge in [-0.1, -0.05) is 24.3 Å². The summed E-state index contributed by atoms with van der Waals surface area (Å²) in [6.45, 7) is 6.00. The Balaban J connectivity index is 1.46. The van der Waals surface area contributed by atoms with Gasteiger partial charge in [0.1, 0.15) is 25.6 Å². The average Bonchev–Trinajstić information content (AvgIpc) is 2.65. The number of fused-ring (bicyclic) bond motifs is 1. The van der Waals surface area contributed by atoms with Crippen LogP contribution in [0.1, 0.15) is 16.7 Å². The van der Waals surface area contributed by atoms with Gasteiger partial charge in [-0.25, -0.2) is 0 Å². The van der Waals surface area contributed by atoms with Gasteiger partial charge in [0.2, 0.25) is 5.91 Å². The van der Waals surface area contributed by atoms with Crippen LogP contribution in [0.4, 0.5) is 0 Å². The molecule has 0 saturated heterocycles. The van der Waals surface area contributed by atoms with Crippen LogP contribution in [-0.2, 0) is 4.79 Å². The quantitative estimate of drug-likeness (QED) is 0.640. The molecule has 0 unspecified atom stereocenters. The molecular weight excluding hydrogens is 330 g/mol. The molecule has 1 N–H and O–H groups in total. The number of para-hydroxylation sites is 1. The molecule has 0 saturated carbocycles. The minimum atomic E-state index is -0.162. The van der Waals surface area contributed by atoms with Crippen LogP contribution in [0.2, 0.25) is 0 Å². The molecule has 1 aliphatic rings. The fourth-order valence-electron chi connectivity index (χ4n) is 2.75. The maximum Gasteiger partial charge on any atom is 0.244 e. The van der Waals surface area contributed by atoms with Crippen LogP contribution in [-0.4, -0.2) is 32.3 Å². The molecule has 2 aromatic rings. The minimum Gasteiger partial charge on any atom is -0.491 e. The second-order valence-corrected chi connectivity index (χ2v) is 6.10. The first kappa shape index (κ1) is 17.9. The van der Waals surface area contributed by atoms with E-state index in [9.17, 15) is 4.79 Å². The number of nitrogens with one attached hydrogen (secondary N) is 1. The molecule has 136 valence electrons. The Morgan fingerprint density at radius 2 is 1.85 bits per heavy atom. The summed E-state index contributed by atoms with van der Waals surface area (Å²) in [5.41, 5.74) is 3.07. The van der Waals surface area contributed by atoms with Gasteiger partial charge < -0.3 is 19.5 Å². The van der Waals surface area contributed by atoms with E-state index < -0.39 is 0 Å². The molecule has 2 aromatic carbocycles. The molecule has 0 fully saturated rings. The van der Waals surface area contributed by atoms with E-state index in [2.05, 4.69) is 5.32 Å². The van der Waals surface area contributed by atoms with Crippen LogP contribution in [0.3, 0.4) is 0 Å². The third-order valence-electron chi connectivity index (χ3n) is 4.05. The zero-order valence-corrected chi connectivity index (χ0v) is 15.1. The zero-order chi connectivity index (χ0) is 18.4. The lowest BCUT2D eigenvalue weighted by molar-refractivity contribution is -0.116. The van der Waals surface area contributed by atoms with E-state index in [1.165, 1.54) is 6.08 Å². The maximum atomic E-state index is 11.9. The topological polar surface area (TPSA) is 56.8 Å². The van der Waals surface area contributed by atoms with Crippen molar-refractivity contribution >= 4 is 12.0 Å². The molecule has 3 rings (SSSR count). The molecule has 0 aromatic heterocycles. The SMILES string of the molecule is Cc1cccc(C)c1OCCNC(=O)C=Cc1ccc2c(c1)OCCO2. The zero-order valence-electron chi connectivity index (χ0n) is 15.1. The third-order valence-corrected chi connectivity index (χ3v) is 4.05. The van der Waals surface area contributed by atoms with E-state index in [4.69, 9.17) is 14.2 Å². The molecule has 26 heavy (non-hydrogen) atoms. The molecule has 1 heterocycles. The Labute approximate surface area is 153 Å². The van der Waals surface area contributed by atoms with E-state index in [1.54, 1.807) is 6.08 Å². The van der Waals surface area contributed by atoms with Crippen LogP contribution in [0.25, 0.3) is 6.08 Å². The summed E-state index contributed by atoms with van der Waals surface area (Å²) < 4.78 is 16.8. The van der Waals surface area contributed by atoms with Crippen LogP contribution in [0.5, 0.6) is 17.2 Å². The fraction of sp³-hybridized carbons (Fsp3) is 0.286. The van der Waals surface area contributed by atoms with Crippen molar-refractivity contribution in [3.05, 3.63) is 59.2 Å². The predicted octanol–water partition coefficient (Wildman–Crippen LogP) is 3.28. The summed E-state index contributed by atoms with van der Waals surface area (Å²) in [7, 11) is 0. The van der Waals surface area contributed by atoms with Gasteiger partial charge in [-0.3, -0.25) is 4.79 Å². The van der Waals surface area contributed by atoms with Gasteiger partial charge in [0.05, 0.1) is 6.54 Å². The van der Waals surface area contributed by atoms with Crippen molar-refractivity contribution < 1.29 is 19.0 Å². The standard InChI is InChI=1S/C21H23NO4/c1-15-4-3-5-16(2)21(15)26-11-10-22-20(23)9-7-17-6-8-18-19(14-17)25-13-12-24-18/h3-9,14H,10-13H2,1-2H3,(H,22,23). The van der Waals surface area contributed by atoms with E-state index >= 15 is 0 Å². The smallest absolute Gasteiger partial charge is 0.244 e. The molecule has 0 spiro atoms. The Morgan fingerprint density at radius 3 is 2.62 bits per heavy atom. The molecule has 0 bridgehead atoms. The van der Waals surface area contributed by atoms with E-state index in [1.807, 2.05) is 50.2 Å². The lowest BCUT2D eigenvalue weighted by atomic mass is 10.1. The normalized spacial score (nSPS) is 12.8. The van der Waals surface area contributed by atoms with Crippen molar-refractivity contribution in [3.8, 4) is 17.2 Å². The van der Waals surface area contributed by atoms with Gasteiger partial charge in [0, 0.05) is 6.08 Å². The van der Waals surface area contributed by atoms with Gasteiger partial charge in [0.15, 0.2) is 11.5 Å². The largest absolute Gasteiger partial charge is 0.491 e. The number of carbonyl (C=O) groups excluding carboxylic acids is 1. The summed E-state index contributed by atoms with van der Waals surface area (Å²) in [6.07, 6.45) is 3.25. The van der Waals surface area contributed by atoms with Gasteiger partial charge in [-0.2, -0.15) is 0 Å². The van der Waals surface area contributed by atoms with Crippen LogP contribution in [0.15, 0.2) is 42.5 Å². The van der Waals surface area contributed by atoms with E-state index in [-0.39, 0.29) is 5.91 Å². The molecule has 5 heteroatoms. The fourth-order valence-corrected chi connectivity index (χ4v) is 2.75. The highest BCUT2D eigenvalue weighted by Crippen LogP contribution is 2.31. The first-order valence-electron chi connectivity index (χ1n) is 8.68. The molecular formula is C21H23NO4. The highest BCUT2D eigenvalue weighted by Gasteiger charge is 2.10. The van der Waals surface area contributed by atoms with Crippen LogP contribution >= 0.6 is 0 Å². The number of benzene rings is 2. The van der Waals surface area contributed by atoms with Gasteiger partial charge >= 0.3 is 0 Å². The highest BCUT2D eigenvalue weighted by molar-refractivity contribution is 5.91. The Morgan fingerprint density at radius 1 is 1.12 bits per heavy atom. The van der Waals surface area contributed by atoms with Gasteiger partial charge in [-0.15, -0.1) is 0 Å². The van der Waals surface area contributed by atoms with Crippen molar-refractivity contribution in [1.82, 2.24) is 5.32 Å². The van der Waals surface area contributed by atoms with Gasteiger partial charge in [-0.05, 0) is 48.7 Å². The average molecular weight is 353 g/mol. The molecule has 0 aliphatic carbocycles. The van der Waals surface area contributed by atoms with Crippen molar-refractivity contribution in [2.45, 2.75) is 13.8 Å². The summed E-state index contributed by atoms with van der Waals surface area (Å²) in [4.78, 5) is 11.9. The monoisotopic (exact) mass is 353 g/mol. The molecule has 1 aliphatic heterocycles. The lowest BCUT2D eigenvalue weighted by Crippen LogP contribution is -2.26. The number of aryl methyl sites for hydroxylation is 2. The Kier molecular flexibility index (Phi) is 5.79. The third kappa shape index (κ3) is 4.57. The van der Waals surface area contributed by atoms with Crippen LogP contribution < -0.4 is 19.5 Å². The highest BCUT2D eigenvalue weighted by atomic mass is 16.6. The first-order valence-corrected chi connectivity index (χ1v) is 8.68. The molecule has 5 nitrogen and oxygen atoms in total. The predicted molar refractivity (Wildman–Crippen MR) is 101 cm³/mol. The number of carbonyl (C=O) groups is 1. The Bertz CT molecular complexity index is 793. The van der Waals surface area contributed by atoms with E-state index in [0.717, 1.165) is 28.2 Å². The second-order valence-electron chi connectivity index (χ2n) is 6.10. The second kappa shape index (κ2) is 8.43. The first-order chi connectivity index (χ1) is 12.6.